The van der Waals surface area contributed by atoms with Crippen LogP contribution in [0.15, 0.2) is 36.4 Å². The van der Waals surface area contributed by atoms with Gasteiger partial charge in [-0.15, -0.1) is 0 Å². The zero-order chi connectivity index (χ0) is 18.8. The minimum atomic E-state index is 0.217. The third-order valence-electron chi connectivity index (χ3n) is 5.64. The van der Waals surface area contributed by atoms with Crippen LogP contribution in [-0.4, -0.2) is 38.4 Å². The molecule has 0 amide bonds. The van der Waals surface area contributed by atoms with E-state index in [0.717, 1.165) is 55.5 Å². The Morgan fingerprint density at radius 2 is 1.85 bits per heavy atom. The van der Waals surface area contributed by atoms with E-state index < -0.39 is 0 Å². The molecule has 0 N–H and O–H groups in total. The van der Waals surface area contributed by atoms with Gasteiger partial charge in [0, 0.05) is 24.7 Å². The van der Waals surface area contributed by atoms with Crippen LogP contribution in [0.3, 0.4) is 0 Å². The number of fused-ring (bicyclic) bond motifs is 1. The van der Waals surface area contributed by atoms with Gasteiger partial charge in [0.05, 0.1) is 26.4 Å². The largest absolute Gasteiger partial charge is 0.493 e. The second-order valence-electron chi connectivity index (χ2n) is 7.25. The van der Waals surface area contributed by atoms with E-state index in [1.807, 2.05) is 12.1 Å². The van der Waals surface area contributed by atoms with Crippen molar-refractivity contribution in [2.75, 3.05) is 27.4 Å². The molecule has 0 saturated carbocycles. The summed E-state index contributed by atoms with van der Waals surface area (Å²) in [7, 11) is 3.39. The second-order valence-corrected chi connectivity index (χ2v) is 7.69. The number of benzene rings is 2. The molecule has 1 saturated heterocycles. The van der Waals surface area contributed by atoms with Gasteiger partial charge in [-0.3, -0.25) is 4.90 Å². The number of ether oxygens (including phenoxy) is 3. The van der Waals surface area contributed by atoms with Crippen molar-refractivity contribution < 1.29 is 14.2 Å². The third-order valence-corrected chi connectivity index (χ3v) is 5.89. The molecule has 2 aromatic carbocycles. The summed E-state index contributed by atoms with van der Waals surface area (Å²) in [6.07, 6.45) is 3.43. The molecule has 0 aromatic heterocycles. The van der Waals surface area contributed by atoms with Gasteiger partial charge in [0.15, 0.2) is 11.5 Å². The maximum atomic E-state index is 6.13. The van der Waals surface area contributed by atoms with Crippen LogP contribution in [0.25, 0.3) is 0 Å². The second kappa shape index (κ2) is 8.09. The van der Waals surface area contributed by atoms with Gasteiger partial charge in [-0.1, -0.05) is 23.7 Å². The monoisotopic (exact) mass is 387 g/mol. The minimum Gasteiger partial charge on any atom is -0.493 e. The van der Waals surface area contributed by atoms with Gasteiger partial charge in [0.2, 0.25) is 0 Å². The fourth-order valence-corrected chi connectivity index (χ4v) is 4.44. The predicted octanol–water partition coefficient (Wildman–Crippen LogP) is 4.64. The summed E-state index contributed by atoms with van der Waals surface area (Å²) in [6.45, 7) is 2.73. The van der Waals surface area contributed by atoms with Crippen LogP contribution >= 0.6 is 11.6 Å². The molecule has 1 unspecified atom stereocenters. The highest BCUT2D eigenvalue weighted by Crippen LogP contribution is 2.42. The van der Waals surface area contributed by atoms with Crippen LogP contribution in [0.1, 0.15) is 35.6 Å². The molecule has 4 rings (SSSR count). The lowest BCUT2D eigenvalue weighted by Gasteiger charge is -2.40. The Balaban J connectivity index is 1.69. The van der Waals surface area contributed by atoms with Gasteiger partial charge in [-0.25, -0.2) is 0 Å². The Bertz CT molecular complexity index is 787. The Kier molecular flexibility index (Phi) is 5.58. The van der Waals surface area contributed by atoms with E-state index in [1.54, 1.807) is 14.2 Å². The van der Waals surface area contributed by atoms with E-state index in [0.29, 0.717) is 0 Å². The Labute approximate surface area is 166 Å². The summed E-state index contributed by atoms with van der Waals surface area (Å²) in [6, 6.07) is 12.7. The van der Waals surface area contributed by atoms with Crippen LogP contribution in [-0.2, 0) is 17.7 Å². The first kappa shape index (κ1) is 18.6. The number of hydrogen-bond acceptors (Lipinski definition) is 4. The first-order valence-corrected chi connectivity index (χ1v) is 9.92. The van der Waals surface area contributed by atoms with Crippen molar-refractivity contribution in [2.45, 2.75) is 38.0 Å². The molecule has 27 heavy (non-hydrogen) atoms. The molecule has 2 aromatic rings. The normalized spacial score (nSPS) is 22.5. The van der Waals surface area contributed by atoms with E-state index in [-0.39, 0.29) is 12.1 Å². The standard InChI is InChI=1S/C22H26ClNO3/c1-25-20-12-16-9-10-24(14-15-5-7-17(23)8-6-15)22(19-4-3-11-27-19)18(16)13-21(20)26-2/h5-8,12-13,19,22H,3-4,9-11,14H2,1-2H3/t19?,22-/m0/s1. The predicted molar refractivity (Wildman–Crippen MR) is 107 cm³/mol. The zero-order valence-corrected chi connectivity index (χ0v) is 16.7. The maximum absolute atomic E-state index is 6.13. The Morgan fingerprint density at radius 3 is 2.52 bits per heavy atom. The van der Waals surface area contributed by atoms with Crippen molar-refractivity contribution in [3.8, 4) is 11.5 Å². The van der Waals surface area contributed by atoms with Crippen LogP contribution in [0.4, 0.5) is 0 Å². The maximum Gasteiger partial charge on any atom is 0.161 e. The molecule has 0 radical (unpaired) electrons. The third kappa shape index (κ3) is 3.79. The molecule has 2 heterocycles. The van der Waals surface area contributed by atoms with Crippen LogP contribution < -0.4 is 9.47 Å². The molecular formula is C22H26ClNO3. The van der Waals surface area contributed by atoms with Crippen LogP contribution in [0.2, 0.25) is 5.02 Å². The topological polar surface area (TPSA) is 30.9 Å². The van der Waals surface area contributed by atoms with Crippen LogP contribution in [0.5, 0.6) is 11.5 Å². The van der Waals surface area contributed by atoms with Crippen molar-refractivity contribution in [1.29, 1.82) is 0 Å². The fourth-order valence-electron chi connectivity index (χ4n) is 4.32. The summed E-state index contributed by atoms with van der Waals surface area (Å²) in [5.41, 5.74) is 3.91. The summed E-state index contributed by atoms with van der Waals surface area (Å²) in [4.78, 5) is 2.54. The molecular weight excluding hydrogens is 362 g/mol. The molecule has 5 heteroatoms. The summed E-state index contributed by atoms with van der Waals surface area (Å²) in [5, 5.41) is 0.773. The van der Waals surface area contributed by atoms with E-state index in [9.17, 15) is 0 Å². The summed E-state index contributed by atoms with van der Waals surface area (Å²) in [5.74, 6) is 1.58. The lowest BCUT2D eigenvalue weighted by molar-refractivity contribution is 0.0138. The molecule has 2 aliphatic heterocycles. The van der Waals surface area contributed by atoms with Gasteiger partial charge in [0.1, 0.15) is 0 Å². The molecule has 144 valence electrons. The molecule has 0 spiro atoms. The van der Waals surface area contributed by atoms with Crippen molar-refractivity contribution in [1.82, 2.24) is 4.90 Å². The number of nitrogens with zero attached hydrogens (tertiary/aromatic N) is 1. The summed E-state index contributed by atoms with van der Waals surface area (Å²) < 4.78 is 17.2. The van der Waals surface area contributed by atoms with Gasteiger partial charge in [-0.2, -0.15) is 0 Å². The molecule has 0 aliphatic carbocycles. The lowest BCUT2D eigenvalue weighted by Crippen LogP contribution is -2.41. The van der Waals surface area contributed by atoms with Crippen molar-refractivity contribution in [2.24, 2.45) is 0 Å². The van der Waals surface area contributed by atoms with Gasteiger partial charge in [0.25, 0.3) is 0 Å². The summed E-state index contributed by atoms with van der Waals surface area (Å²) >= 11 is 6.06. The Hall–Kier alpha value is -1.75. The van der Waals surface area contributed by atoms with Gasteiger partial charge in [-0.05, 0) is 60.2 Å². The molecule has 1 fully saturated rings. The van der Waals surface area contributed by atoms with E-state index >= 15 is 0 Å². The average molecular weight is 388 g/mol. The highest BCUT2D eigenvalue weighted by molar-refractivity contribution is 6.30. The lowest BCUT2D eigenvalue weighted by atomic mass is 9.87. The molecule has 2 aliphatic rings. The van der Waals surface area contributed by atoms with Crippen molar-refractivity contribution in [3.05, 3.63) is 58.1 Å². The number of rotatable bonds is 5. The smallest absolute Gasteiger partial charge is 0.161 e. The number of halogens is 1. The SMILES string of the molecule is COc1cc2c(cc1OC)[C@@H](C1CCCO1)N(Cc1ccc(Cl)cc1)CC2. The first-order chi connectivity index (χ1) is 13.2. The van der Waals surface area contributed by atoms with Crippen LogP contribution in [0, 0.1) is 0 Å². The van der Waals surface area contributed by atoms with E-state index in [4.69, 9.17) is 25.8 Å². The molecule has 4 nitrogen and oxygen atoms in total. The first-order valence-electron chi connectivity index (χ1n) is 9.54. The fraction of sp³-hybridized carbons (Fsp3) is 0.455. The average Bonchev–Trinajstić information content (AvgIpc) is 3.22. The highest BCUT2D eigenvalue weighted by atomic mass is 35.5. The number of methoxy groups -OCH3 is 2. The van der Waals surface area contributed by atoms with Gasteiger partial charge < -0.3 is 14.2 Å². The quantitative estimate of drug-likeness (QED) is 0.748. The molecule has 0 bridgehead atoms. The van der Waals surface area contributed by atoms with Crippen molar-refractivity contribution in [3.63, 3.8) is 0 Å². The highest BCUT2D eigenvalue weighted by Gasteiger charge is 2.37. The molecule has 2 atom stereocenters. The minimum absolute atomic E-state index is 0.217. The number of hydrogen-bond donors (Lipinski definition) is 0. The Morgan fingerprint density at radius 1 is 1.11 bits per heavy atom. The van der Waals surface area contributed by atoms with Crippen molar-refractivity contribution >= 4 is 11.6 Å². The van der Waals surface area contributed by atoms with E-state index in [2.05, 4.69) is 29.2 Å². The van der Waals surface area contributed by atoms with Gasteiger partial charge >= 0.3 is 0 Å². The zero-order valence-electron chi connectivity index (χ0n) is 15.9. The van der Waals surface area contributed by atoms with E-state index in [1.165, 1.54) is 16.7 Å².